The van der Waals surface area contributed by atoms with Gasteiger partial charge in [0.2, 0.25) is 0 Å². The van der Waals surface area contributed by atoms with Gasteiger partial charge in [0.05, 0.1) is 12.7 Å². The lowest BCUT2D eigenvalue weighted by Gasteiger charge is -2.30. The summed E-state index contributed by atoms with van der Waals surface area (Å²) in [7, 11) is 1.37. The van der Waals surface area contributed by atoms with Crippen molar-refractivity contribution in [1.82, 2.24) is 0 Å². The summed E-state index contributed by atoms with van der Waals surface area (Å²) < 4.78 is 4.69. The van der Waals surface area contributed by atoms with Crippen LogP contribution >= 0.6 is 0 Å². The summed E-state index contributed by atoms with van der Waals surface area (Å²) in [5.74, 6) is 0.747. The Labute approximate surface area is 132 Å². The highest BCUT2D eigenvalue weighted by molar-refractivity contribution is 6.02. The first-order valence-corrected chi connectivity index (χ1v) is 7.88. The molecule has 0 aromatic heterocycles. The van der Waals surface area contributed by atoms with Crippen LogP contribution in [0.1, 0.15) is 49.5 Å². The molecule has 118 valence electrons. The maximum Gasteiger partial charge on any atom is 0.337 e. The van der Waals surface area contributed by atoms with Crippen LogP contribution in [-0.4, -0.2) is 18.9 Å². The SMILES string of the molecule is COC(=O)c1ccc(/C=C2/C(=O)[C@@H](C(C)C)CC[C@H]2C)cc1. The predicted molar refractivity (Wildman–Crippen MR) is 87.5 cm³/mol. The van der Waals surface area contributed by atoms with Crippen molar-refractivity contribution in [2.75, 3.05) is 7.11 Å². The fourth-order valence-corrected chi connectivity index (χ4v) is 3.04. The maximum atomic E-state index is 12.7. The lowest BCUT2D eigenvalue weighted by atomic mass is 9.73. The van der Waals surface area contributed by atoms with E-state index in [1.54, 1.807) is 12.1 Å². The van der Waals surface area contributed by atoms with Gasteiger partial charge in [-0.3, -0.25) is 4.79 Å². The molecular formula is C19H24O3. The lowest BCUT2D eigenvalue weighted by Crippen LogP contribution is -2.30. The van der Waals surface area contributed by atoms with Crippen molar-refractivity contribution in [2.45, 2.75) is 33.6 Å². The zero-order chi connectivity index (χ0) is 16.3. The Hall–Kier alpha value is -1.90. The largest absolute Gasteiger partial charge is 0.465 e. The fraction of sp³-hybridized carbons (Fsp3) is 0.474. The number of allylic oxidation sites excluding steroid dienone is 1. The summed E-state index contributed by atoms with van der Waals surface area (Å²) in [4.78, 5) is 24.1. The van der Waals surface area contributed by atoms with Gasteiger partial charge in [-0.1, -0.05) is 32.9 Å². The molecule has 3 nitrogen and oxygen atoms in total. The molecule has 1 aromatic rings. The van der Waals surface area contributed by atoms with Gasteiger partial charge in [0.15, 0.2) is 5.78 Å². The van der Waals surface area contributed by atoms with Crippen molar-refractivity contribution in [1.29, 1.82) is 0 Å². The van der Waals surface area contributed by atoms with Crippen LogP contribution in [0.3, 0.4) is 0 Å². The number of benzene rings is 1. The first kappa shape index (κ1) is 16.5. The lowest BCUT2D eigenvalue weighted by molar-refractivity contribution is -0.122. The number of hydrogen-bond acceptors (Lipinski definition) is 3. The normalized spacial score (nSPS) is 23.9. The number of hydrogen-bond donors (Lipinski definition) is 0. The van der Waals surface area contributed by atoms with Crippen molar-refractivity contribution in [3.05, 3.63) is 41.0 Å². The molecule has 1 aromatic carbocycles. The molecule has 0 amide bonds. The van der Waals surface area contributed by atoms with E-state index < -0.39 is 0 Å². The van der Waals surface area contributed by atoms with Gasteiger partial charge in [-0.25, -0.2) is 4.79 Å². The van der Waals surface area contributed by atoms with Crippen LogP contribution in [0, 0.1) is 17.8 Å². The van der Waals surface area contributed by atoms with Crippen molar-refractivity contribution >= 4 is 17.8 Å². The average Bonchev–Trinajstić information content (AvgIpc) is 2.50. The second-order valence-corrected chi connectivity index (χ2v) is 6.41. The Morgan fingerprint density at radius 3 is 2.41 bits per heavy atom. The van der Waals surface area contributed by atoms with Gasteiger partial charge in [0.1, 0.15) is 0 Å². The van der Waals surface area contributed by atoms with Crippen molar-refractivity contribution < 1.29 is 14.3 Å². The van der Waals surface area contributed by atoms with Crippen LogP contribution in [0.25, 0.3) is 6.08 Å². The minimum atomic E-state index is -0.346. The summed E-state index contributed by atoms with van der Waals surface area (Å²) in [6, 6.07) is 7.18. The number of methoxy groups -OCH3 is 1. The van der Waals surface area contributed by atoms with E-state index in [-0.39, 0.29) is 17.7 Å². The Balaban J connectivity index is 2.26. The molecule has 0 heterocycles. The Kier molecular flexibility index (Phi) is 5.17. The van der Waals surface area contributed by atoms with Gasteiger partial charge < -0.3 is 4.74 Å². The van der Waals surface area contributed by atoms with E-state index in [1.807, 2.05) is 18.2 Å². The van der Waals surface area contributed by atoms with Crippen LogP contribution in [-0.2, 0) is 9.53 Å². The van der Waals surface area contributed by atoms with Gasteiger partial charge in [-0.2, -0.15) is 0 Å². The summed E-state index contributed by atoms with van der Waals surface area (Å²) in [5, 5.41) is 0. The molecule has 2 atom stereocenters. The Morgan fingerprint density at radius 1 is 1.23 bits per heavy atom. The monoisotopic (exact) mass is 300 g/mol. The third-order valence-corrected chi connectivity index (χ3v) is 4.52. The van der Waals surface area contributed by atoms with Gasteiger partial charge in [0, 0.05) is 5.92 Å². The molecule has 0 unspecified atom stereocenters. The summed E-state index contributed by atoms with van der Waals surface area (Å²) >= 11 is 0. The molecule has 1 aliphatic rings. The van der Waals surface area contributed by atoms with E-state index in [9.17, 15) is 9.59 Å². The number of esters is 1. The zero-order valence-electron chi connectivity index (χ0n) is 13.8. The summed E-state index contributed by atoms with van der Waals surface area (Å²) in [6.07, 6.45) is 4.01. The summed E-state index contributed by atoms with van der Waals surface area (Å²) in [5.41, 5.74) is 2.38. The quantitative estimate of drug-likeness (QED) is 0.623. The van der Waals surface area contributed by atoms with Crippen LogP contribution < -0.4 is 0 Å². The van der Waals surface area contributed by atoms with E-state index in [1.165, 1.54) is 7.11 Å². The molecule has 2 rings (SSSR count). The van der Waals surface area contributed by atoms with E-state index in [2.05, 4.69) is 20.8 Å². The second kappa shape index (κ2) is 6.91. The minimum absolute atomic E-state index is 0.136. The van der Waals surface area contributed by atoms with Gasteiger partial charge >= 0.3 is 5.97 Å². The van der Waals surface area contributed by atoms with Crippen LogP contribution in [0.4, 0.5) is 0 Å². The topological polar surface area (TPSA) is 43.4 Å². The molecule has 1 fully saturated rings. The van der Waals surface area contributed by atoms with Crippen molar-refractivity contribution in [3.63, 3.8) is 0 Å². The van der Waals surface area contributed by atoms with E-state index in [0.717, 1.165) is 24.0 Å². The standard InChI is InChI=1S/C19H24O3/c1-12(2)16-10-5-13(3)17(18(16)20)11-14-6-8-15(9-7-14)19(21)22-4/h6-9,11-13,16H,5,10H2,1-4H3/b17-11+/t13-,16-/m1/s1. The predicted octanol–water partition coefficient (Wildman–Crippen LogP) is 4.13. The number of ketones is 1. The first-order chi connectivity index (χ1) is 10.4. The highest BCUT2D eigenvalue weighted by Crippen LogP contribution is 2.35. The van der Waals surface area contributed by atoms with E-state index >= 15 is 0 Å². The Morgan fingerprint density at radius 2 is 1.86 bits per heavy atom. The smallest absolute Gasteiger partial charge is 0.337 e. The van der Waals surface area contributed by atoms with E-state index in [0.29, 0.717) is 17.4 Å². The number of carbonyl (C=O) groups excluding carboxylic acids is 2. The molecule has 0 saturated heterocycles. The zero-order valence-corrected chi connectivity index (χ0v) is 13.8. The number of Topliss-reactive ketones (excluding diaryl/α,β-unsaturated/α-hetero) is 1. The third kappa shape index (κ3) is 3.46. The molecule has 0 N–H and O–H groups in total. The summed E-state index contributed by atoms with van der Waals surface area (Å²) in [6.45, 7) is 6.34. The molecule has 3 heteroatoms. The Bertz CT molecular complexity index is 581. The first-order valence-electron chi connectivity index (χ1n) is 7.88. The molecule has 0 aliphatic heterocycles. The molecule has 1 aliphatic carbocycles. The van der Waals surface area contributed by atoms with E-state index in [4.69, 9.17) is 4.74 Å². The average molecular weight is 300 g/mol. The second-order valence-electron chi connectivity index (χ2n) is 6.41. The van der Waals surface area contributed by atoms with Gasteiger partial charge in [0.25, 0.3) is 0 Å². The maximum absolute atomic E-state index is 12.7. The van der Waals surface area contributed by atoms with Crippen molar-refractivity contribution in [3.8, 4) is 0 Å². The van der Waals surface area contributed by atoms with Crippen LogP contribution in [0.15, 0.2) is 29.8 Å². The number of ether oxygens (including phenoxy) is 1. The minimum Gasteiger partial charge on any atom is -0.465 e. The van der Waals surface area contributed by atoms with Gasteiger partial charge in [-0.05, 0) is 54.0 Å². The van der Waals surface area contributed by atoms with Gasteiger partial charge in [-0.15, -0.1) is 0 Å². The molecule has 0 radical (unpaired) electrons. The molecule has 0 spiro atoms. The molecule has 22 heavy (non-hydrogen) atoms. The molecule has 1 saturated carbocycles. The number of carbonyl (C=O) groups is 2. The fourth-order valence-electron chi connectivity index (χ4n) is 3.04. The highest BCUT2D eigenvalue weighted by atomic mass is 16.5. The highest BCUT2D eigenvalue weighted by Gasteiger charge is 2.32. The molecule has 0 bridgehead atoms. The third-order valence-electron chi connectivity index (χ3n) is 4.52. The van der Waals surface area contributed by atoms with Crippen LogP contribution in [0.2, 0.25) is 0 Å². The number of rotatable bonds is 3. The van der Waals surface area contributed by atoms with Crippen LogP contribution in [0.5, 0.6) is 0 Å². The van der Waals surface area contributed by atoms with Crippen molar-refractivity contribution in [2.24, 2.45) is 17.8 Å². The molecular weight excluding hydrogens is 276 g/mol.